The predicted octanol–water partition coefficient (Wildman–Crippen LogP) is 4.10. The number of nitrogens with one attached hydrogen (secondary N) is 1. The van der Waals surface area contributed by atoms with Crippen LogP contribution in [0.3, 0.4) is 0 Å². The lowest BCUT2D eigenvalue weighted by Gasteiger charge is -2.31. The number of aromatic nitrogens is 2. The summed E-state index contributed by atoms with van der Waals surface area (Å²) < 4.78 is 38.0. The molecule has 3 aromatic rings. The first-order valence-corrected chi connectivity index (χ1v) is 9.98. The van der Waals surface area contributed by atoms with Gasteiger partial charge in [0.05, 0.1) is 16.6 Å². The third kappa shape index (κ3) is 4.33. The number of nitrogens with zero attached hydrogens (tertiary/aromatic N) is 2. The highest BCUT2D eigenvalue weighted by Gasteiger charge is 2.30. The van der Waals surface area contributed by atoms with Gasteiger partial charge in [-0.15, -0.1) is 0 Å². The Morgan fingerprint density at radius 1 is 1.13 bits per heavy atom. The van der Waals surface area contributed by atoms with Crippen LogP contribution in [0.25, 0.3) is 11.0 Å². The Labute approximate surface area is 172 Å². The number of H-pyrrole nitrogens is 1. The lowest BCUT2D eigenvalue weighted by molar-refractivity contribution is -0.137. The number of hydrogen-bond acceptors (Lipinski definition) is 3. The van der Waals surface area contributed by atoms with Crippen molar-refractivity contribution in [2.75, 3.05) is 19.6 Å². The van der Waals surface area contributed by atoms with Gasteiger partial charge in [-0.05, 0) is 62.2 Å². The predicted molar refractivity (Wildman–Crippen MR) is 108 cm³/mol. The number of carbonyl (C=O) groups is 1. The maximum atomic E-state index is 12.7. The summed E-state index contributed by atoms with van der Waals surface area (Å²) in [5.74, 6) is 0.665. The zero-order valence-electron chi connectivity index (χ0n) is 16.4. The summed E-state index contributed by atoms with van der Waals surface area (Å²) in [4.78, 5) is 21.9. The van der Waals surface area contributed by atoms with Crippen LogP contribution < -0.4 is 5.73 Å². The van der Waals surface area contributed by atoms with Crippen molar-refractivity contribution in [2.24, 2.45) is 5.73 Å². The van der Waals surface area contributed by atoms with Crippen molar-refractivity contribution in [1.82, 2.24) is 14.9 Å². The molecule has 2 heterocycles. The number of nitrogens with two attached hydrogens (primary N) is 1. The van der Waals surface area contributed by atoms with Crippen molar-refractivity contribution in [1.29, 1.82) is 0 Å². The molecule has 8 heteroatoms. The highest BCUT2D eigenvalue weighted by Crippen LogP contribution is 2.30. The Morgan fingerprint density at radius 3 is 2.47 bits per heavy atom. The molecule has 158 valence electrons. The third-order valence-electron chi connectivity index (χ3n) is 5.77. The number of aromatic amines is 1. The van der Waals surface area contributed by atoms with E-state index in [4.69, 9.17) is 5.73 Å². The smallest absolute Gasteiger partial charge is 0.366 e. The van der Waals surface area contributed by atoms with Crippen LogP contribution in [0.4, 0.5) is 13.2 Å². The van der Waals surface area contributed by atoms with Crippen LogP contribution in [-0.4, -0.2) is 40.4 Å². The van der Waals surface area contributed by atoms with Gasteiger partial charge in [-0.25, -0.2) is 4.98 Å². The highest BCUT2D eigenvalue weighted by atomic mass is 19.4. The van der Waals surface area contributed by atoms with Crippen LogP contribution in [0.15, 0.2) is 42.5 Å². The Hall–Kier alpha value is -2.87. The van der Waals surface area contributed by atoms with Crippen molar-refractivity contribution in [3.05, 3.63) is 65.0 Å². The SMILES string of the molecule is NC(=O)c1cccc2[nH]c(C3CCN(CCc4ccc(C(F)(F)F)cc4)CC3)nc12. The zero-order valence-corrected chi connectivity index (χ0v) is 16.4. The maximum absolute atomic E-state index is 12.7. The van der Waals surface area contributed by atoms with Crippen molar-refractivity contribution >= 4 is 16.9 Å². The average Bonchev–Trinajstić information content (AvgIpc) is 3.16. The number of para-hydroxylation sites is 1. The van der Waals surface area contributed by atoms with Gasteiger partial charge in [-0.3, -0.25) is 4.79 Å². The monoisotopic (exact) mass is 416 g/mol. The van der Waals surface area contributed by atoms with Crippen LogP contribution in [0.2, 0.25) is 0 Å². The minimum absolute atomic E-state index is 0.278. The van der Waals surface area contributed by atoms with E-state index < -0.39 is 17.6 Å². The van der Waals surface area contributed by atoms with E-state index in [1.807, 2.05) is 6.07 Å². The molecule has 2 aromatic carbocycles. The molecular weight excluding hydrogens is 393 g/mol. The van der Waals surface area contributed by atoms with Gasteiger partial charge in [0.2, 0.25) is 0 Å². The fraction of sp³-hybridized carbons (Fsp3) is 0.364. The molecule has 0 spiro atoms. The van der Waals surface area contributed by atoms with Crippen LogP contribution in [-0.2, 0) is 12.6 Å². The molecule has 1 aliphatic heterocycles. The van der Waals surface area contributed by atoms with E-state index in [0.717, 1.165) is 67.9 Å². The van der Waals surface area contributed by atoms with E-state index >= 15 is 0 Å². The number of amides is 1. The molecule has 30 heavy (non-hydrogen) atoms. The summed E-state index contributed by atoms with van der Waals surface area (Å²) in [6, 6.07) is 10.7. The highest BCUT2D eigenvalue weighted by molar-refractivity contribution is 6.04. The van der Waals surface area contributed by atoms with Gasteiger partial charge < -0.3 is 15.6 Å². The molecule has 1 aliphatic rings. The summed E-state index contributed by atoms with van der Waals surface area (Å²) in [6.07, 6.45) is -1.72. The number of piperidine rings is 1. The normalized spacial score (nSPS) is 16.2. The van der Waals surface area contributed by atoms with Crippen molar-refractivity contribution in [3.8, 4) is 0 Å². The molecule has 4 rings (SSSR count). The average molecular weight is 416 g/mol. The molecule has 0 aliphatic carbocycles. The Morgan fingerprint density at radius 2 is 1.83 bits per heavy atom. The Balaban J connectivity index is 1.33. The number of halogens is 3. The topological polar surface area (TPSA) is 75.0 Å². The summed E-state index contributed by atoms with van der Waals surface area (Å²) in [5, 5.41) is 0. The van der Waals surface area contributed by atoms with Gasteiger partial charge >= 0.3 is 6.18 Å². The lowest BCUT2D eigenvalue weighted by atomic mass is 9.96. The van der Waals surface area contributed by atoms with E-state index in [9.17, 15) is 18.0 Å². The number of likely N-dealkylation sites (tertiary alicyclic amines) is 1. The lowest BCUT2D eigenvalue weighted by Crippen LogP contribution is -2.34. The quantitative estimate of drug-likeness (QED) is 0.658. The molecule has 0 unspecified atom stereocenters. The molecule has 1 saturated heterocycles. The van der Waals surface area contributed by atoms with Gasteiger partial charge in [-0.1, -0.05) is 18.2 Å². The molecule has 5 nitrogen and oxygen atoms in total. The molecule has 0 saturated carbocycles. The van der Waals surface area contributed by atoms with Gasteiger partial charge in [0.1, 0.15) is 11.3 Å². The van der Waals surface area contributed by atoms with Crippen molar-refractivity contribution in [2.45, 2.75) is 31.4 Å². The minimum Gasteiger partial charge on any atom is -0.366 e. The standard InChI is InChI=1S/C22H23F3N4O/c23-22(24,25)16-6-4-14(5-7-16)8-11-29-12-9-15(10-13-29)21-27-18-3-1-2-17(20(26)30)19(18)28-21/h1-7,15H,8-13H2,(H2,26,30)(H,27,28). The maximum Gasteiger partial charge on any atom is 0.416 e. The largest absolute Gasteiger partial charge is 0.416 e. The van der Waals surface area contributed by atoms with Gasteiger partial charge in [-0.2, -0.15) is 13.2 Å². The summed E-state index contributed by atoms with van der Waals surface area (Å²) >= 11 is 0. The second-order valence-corrected chi connectivity index (χ2v) is 7.75. The number of hydrogen-bond donors (Lipinski definition) is 2. The van der Waals surface area contributed by atoms with Crippen molar-refractivity contribution in [3.63, 3.8) is 0 Å². The number of carbonyl (C=O) groups excluding carboxylic acids is 1. The molecular formula is C22H23F3N4O. The number of primary amides is 1. The summed E-state index contributed by atoms with van der Waals surface area (Å²) in [7, 11) is 0. The van der Waals surface area contributed by atoms with Crippen LogP contribution in [0, 0.1) is 0 Å². The van der Waals surface area contributed by atoms with Crippen LogP contribution in [0.5, 0.6) is 0 Å². The number of fused-ring (bicyclic) bond motifs is 1. The van der Waals surface area contributed by atoms with E-state index in [2.05, 4.69) is 14.9 Å². The first-order valence-electron chi connectivity index (χ1n) is 9.98. The molecule has 0 atom stereocenters. The number of rotatable bonds is 5. The Kier molecular flexibility index (Phi) is 5.51. The molecule has 1 aromatic heterocycles. The Bertz CT molecular complexity index is 1030. The van der Waals surface area contributed by atoms with Gasteiger partial charge in [0.25, 0.3) is 5.91 Å². The van der Waals surface area contributed by atoms with E-state index in [0.29, 0.717) is 11.1 Å². The van der Waals surface area contributed by atoms with Gasteiger partial charge in [0, 0.05) is 12.5 Å². The first-order chi connectivity index (χ1) is 14.3. The molecule has 3 N–H and O–H groups in total. The molecule has 0 bridgehead atoms. The summed E-state index contributed by atoms with van der Waals surface area (Å²) in [5.41, 5.74) is 7.58. The zero-order chi connectivity index (χ0) is 21.3. The molecule has 0 radical (unpaired) electrons. The van der Waals surface area contributed by atoms with Crippen LogP contribution >= 0.6 is 0 Å². The van der Waals surface area contributed by atoms with E-state index in [1.165, 1.54) is 0 Å². The fourth-order valence-electron chi connectivity index (χ4n) is 4.02. The fourth-order valence-corrected chi connectivity index (χ4v) is 4.02. The van der Waals surface area contributed by atoms with E-state index in [1.54, 1.807) is 24.3 Å². The second-order valence-electron chi connectivity index (χ2n) is 7.75. The minimum atomic E-state index is -4.30. The summed E-state index contributed by atoms with van der Waals surface area (Å²) in [6.45, 7) is 2.60. The van der Waals surface area contributed by atoms with Crippen LogP contribution in [0.1, 0.15) is 46.1 Å². The third-order valence-corrected chi connectivity index (χ3v) is 5.77. The molecule has 1 fully saturated rings. The van der Waals surface area contributed by atoms with E-state index in [-0.39, 0.29) is 5.92 Å². The number of alkyl halides is 3. The van der Waals surface area contributed by atoms with Gasteiger partial charge in [0.15, 0.2) is 0 Å². The number of imidazole rings is 1. The second kappa shape index (κ2) is 8.10. The molecule has 1 amide bonds. The van der Waals surface area contributed by atoms with Crippen molar-refractivity contribution < 1.29 is 18.0 Å². The first kappa shape index (κ1) is 20.4. The number of benzene rings is 2.